The Kier molecular flexibility index (Phi) is 3.76. The molecule has 0 saturated heterocycles. The van der Waals surface area contributed by atoms with Gasteiger partial charge in [0.15, 0.2) is 0 Å². The van der Waals surface area contributed by atoms with Crippen molar-refractivity contribution in [2.75, 3.05) is 13.2 Å². The number of aromatic amines is 1. The lowest BCUT2D eigenvalue weighted by Gasteiger charge is -2.13. The Labute approximate surface area is 114 Å². The van der Waals surface area contributed by atoms with Gasteiger partial charge in [-0.25, -0.2) is 8.78 Å². The minimum atomic E-state index is -3.31. The summed E-state index contributed by atoms with van der Waals surface area (Å²) in [5, 5.41) is 11.5. The van der Waals surface area contributed by atoms with E-state index in [2.05, 4.69) is 10.3 Å². The molecule has 0 fully saturated rings. The van der Waals surface area contributed by atoms with Gasteiger partial charge in [-0.15, -0.1) is 0 Å². The molecular weight excluding hydrogens is 266 g/mol. The molecule has 4 nitrogen and oxygen atoms in total. The van der Waals surface area contributed by atoms with Gasteiger partial charge in [-0.05, 0) is 37.6 Å². The molecule has 0 aliphatic heterocycles. The number of halogens is 2. The maximum atomic E-state index is 12.9. The van der Waals surface area contributed by atoms with Crippen LogP contribution >= 0.6 is 0 Å². The van der Waals surface area contributed by atoms with Crippen LogP contribution in [0.1, 0.15) is 21.6 Å². The van der Waals surface area contributed by atoms with Gasteiger partial charge in [0.25, 0.3) is 11.8 Å². The quantitative estimate of drug-likeness (QED) is 0.804. The molecule has 20 heavy (non-hydrogen) atoms. The lowest BCUT2D eigenvalue weighted by molar-refractivity contribution is -0.0462. The third-order valence-corrected chi connectivity index (χ3v) is 3.31. The third kappa shape index (κ3) is 2.80. The fraction of sp³-hybridized carbons (Fsp3) is 0.357. The van der Waals surface area contributed by atoms with E-state index in [4.69, 9.17) is 5.11 Å². The molecule has 1 amide bonds. The van der Waals surface area contributed by atoms with Crippen molar-refractivity contribution in [1.82, 2.24) is 10.3 Å². The third-order valence-electron chi connectivity index (χ3n) is 3.31. The fourth-order valence-corrected chi connectivity index (χ4v) is 1.97. The van der Waals surface area contributed by atoms with Crippen LogP contribution in [-0.2, 0) is 0 Å². The van der Waals surface area contributed by atoms with E-state index < -0.39 is 25.0 Å². The zero-order valence-corrected chi connectivity index (χ0v) is 11.3. The molecular formula is C14H16F2N2O2. The standard InChI is InChI=1S/C14H16F2N2O2/c1-8-9(2)18-12-4-3-10(5-11(8)12)13(20)17-6-14(15,16)7-19/h3-5,18-19H,6-7H2,1-2H3,(H,17,20). The first-order chi connectivity index (χ1) is 9.34. The van der Waals surface area contributed by atoms with Crippen molar-refractivity contribution in [3.63, 3.8) is 0 Å². The van der Waals surface area contributed by atoms with Crippen molar-refractivity contribution < 1.29 is 18.7 Å². The van der Waals surface area contributed by atoms with Crippen molar-refractivity contribution in [3.8, 4) is 0 Å². The molecule has 0 aliphatic carbocycles. The summed E-state index contributed by atoms with van der Waals surface area (Å²) in [7, 11) is 0. The number of aromatic nitrogens is 1. The second kappa shape index (κ2) is 5.20. The second-order valence-corrected chi connectivity index (χ2v) is 4.83. The van der Waals surface area contributed by atoms with E-state index >= 15 is 0 Å². The molecule has 1 aromatic heterocycles. The maximum absolute atomic E-state index is 12.9. The molecule has 0 bridgehead atoms. The van der Waals surface area contributed by atoms with Crippen LogP contribution in [0.15, 0.2) is 18.2 Å². The molecule has 6 heteroatoms. The molecule has 1 aromatic carbocycles. The first kappa shape index (κ1) is 14.5. The number of hydrogen-bond donors (Lipinski definition) is 3. The van der Waals surface area contributed by atoms with Crippen molar-refractivity contribution in [2.24, 2.45) is 0 Å². The van der Waals surface area contributed by atoms with Crippen LogP contribution in [0.5, 0.6) is 0 Å². The van der Waals surface area contributed by atoms with E-state index in [1.54, 1.807) is 18.2 Å². The van der Waals surface area contributed by atoms with E-state index in [-0.39, 0.29) is 0 Å². The van der Waals surface area contributed by atoms with Gasteiger partial charge in [0.2, 0.25) is 0 Å². The smallest absolute Gasteiger partial charge is 0.287 e. The Morgan fingerprint density at radius 1 is 1.40 bits per heavy atom. The van der Waals surface area contributed by atoms with Crippen LogP contribution < -0.4 is 5.32 Å². The lowest BCUT2D eigenvalue weighted by atomic mass is 10.1. The number of carbonyl (C=O) groups is 1. The van der Waals surface area contributed by atoms with E-state index in [9.17, 15) is 13.6 Å². The van der Waals surface area contributed by atoms with Crippen molar-refractivity contribution in [1.29, 1.82) is 0 Å². The number of alkyl halides is 2. The number of aliphatic hydroxyl groups is 1. The van der Waals surface area contributed by atoms with Crippen LogP contribution in [0.4, 0.5) is 8.78 Å². The highest BCUT2D eigenvalue weighted by molar-refractivity contribution is 5.99. The number of benzene rings is 1. The molecule has 108 valence electrons. The van der Waals surface area contributed by atoms with Gasteiger partial charge < -0.3 is 15.4 Å². The summed E-state index contributed by atoms with van der Waals surface area (Å²) in [5.41, 5.74) is 3.24. The fourth-order valence-electron chi connectivity index (χ4n) is 1.97. The summed E-state index contributed by atoms with van der Waals surface area (Å²) < 4.78 is 25.8. The van der Waals surface area contributed by atoms with Gasteiger partial charge >= 0.3 is 0 Å². The van der Waals surface area contributed by atoms with E-state index in [0.717, 1.165) is 22.2 Å². The van der Waals surface area contributed by atoms with E-state index in [1.165, 1.54) is 0 Å². The van der Waals surface area contributed by atoms with Crippen LogP contribution in [0.25, 0.3) is 10.9 Å². The minimum absolute atomic E-state index is 0.313. The molecule has 2 rings (SSSR count). The first-order valence-corrected chi connectivity index (χ1v) is 6.20. The zero-order chi connectivity index (χ0) is 14.9. The maximum Gasteiger partial charge on any atom is 0.287 e. The van der Waals surface area contributed by atoms with Crippen LogP contribution in [0.3, 0.4) is 0 Å². The van der Waals surface area contributed by atoms with Gasteiger partial charge in [0.05, 0.1) is 6.54 Å². The molecule has 0 aliphatic rings. The highest BCUT2D eigenvalue weighted by Gasteiger charge is 2.28. The summed E-state index contributed by atoms with van der Waals surface area (Å²) in [4.78, 5) is 15.0. The number of carbonyl (C=O) groups excluding carboxylic acids is 1. The Morgan fingerprint density at radius 2 is 2.10 bits per heavy atom. The number of aliphatic hydroxyl groups excluding tert-OH is 1. The van der Waals surface area contributed by atoms with Gasteiger partial charge in [-0.1, -0.05) is 0 Å². The molecule has 0 atom stereocenters. The number of amides is 1. The number of fused-ring (bicyclic) bond motifs is 1. The van der Waals surface area contributed by atoms with Crippen molar-refractivity contribution in [2.45, 2.75) is 19.8 Å². The highest BCUT2D eigenvalue weighted by atomic mass is 19.3. The Bertz CT molecular complexity index is 650. The summed E-state index contributed by atoms with van der Waals surface area (Å²) in [6.45, 7) is 1.68. The number of rotatable bonds is 4. The lowest BCUT2D eigenvalue weighted by Crippen LogP contribution is -2.38. The Balaban J connectivity index is 2.20. The average molecular weight is 282 g/mol. The highest BCUT2D eigenvalue weighted by Crippen LogP contribution is 2.22. The van der Waals surface area contributed by atoms with Crippen molar-refractivity contribution >= 4 is 16.8 Å². The monoisotopic (exact) mass is 282 g/mol. The van der Waals surface area contributed by atoms with Gasteiger partial charge in [0.1, 0.15) is 6.61 Å². The Morgan fingerprint density at radius 3 is 2.75 bits per heavy atom. The summed E-state index contributed by atoms with van der Waals surface area (Å²) in [6.07, 6.45) is 0. The van der Waals surface area contributed by atoms with Crippen LogP contribution in [0, 0.1) is 13.8 Å². The zero-order valence-electron chi connectivity index (χ0n) is 11.3. The number of hydrogen-bond acceptors (Lipinski definition) is 2. The molecule has 2 aromatic rings. The number of nitrogens with one attached hydrogen (secondary N) is 2. The molecule has 0 radical (unpaired) electrons. The summed E-state index contributed by atoms with van der Waals surface area (Å²) in [6, 6.07) is 4.99. The van der Waals surface area contributed by atoms with E-state index in [0.29, 0.717) is 5.56 Å². The summed E-state index contributed by atoms with van der Waals surface area (Å²) in [5.74, 6) is -3.89. The van der Waals surface area contributed by atoms with Gasteiger partial charge in [-0.3, -0.25) is 4.79 Å². The first-order valence-electron chi connectivity index (χ1n) is 6.20. The molecule has 0 unspecified atom stereocenters. The van der Waals surface area contributed by atoms with Crippen LogP contribution in [-0.4, -0.2) is 35.1 Å². The van der Waals surface area contributed by atoms with E-state index in [1.807, 2.05) is 13.8 Å². The Hall–Kier alpha value is -1.95. The largest absolute Gasteiger partial charge is 0.390 e. The normalized spacial score (nSPS) is 11.8. The average Bonchev–Trinajstić information content (AvgIpc) is 2.71. The molecule has 3 N–H and O–H groups in total. The predicted octanol–water partition coefficient (Wildman–Crippen LogP) is 2.14. The SMILES string of the molecule is Cc1[nH]c2ccc(C(=O)NCC(F)(F)CO)cc2c1C. The molecule has 1 heterocycles. The molecule has 0 saturated carbocycles. The van der Waals surface area contributed by atoms with Crippen molar-refractivity contribution in [3.05, 3.63) is 35.0 Å². The van der Waals surface area contributed by atoms with Gasteiger partial charge in [-0.2, -0.15) is 0 Å². The minimum Gasteiger partial charge on any atom is -0.390 e. The summed E-state index contributed by atoms with van der Waals surface area (Å²) >= 11 is 0. The number of H-pyrrole nitrogens is 1. The molecule has 0 spiro atoms. The predicted molar refractivity (Wildman–Crippen MR) is 72.1 cm³/mol. The second-order valence-electron chi connectivity index (χ2n) is 4.83. The van der Waals surface area contributed by atoms with Gasteiger partial charge in [0, 0.05) is 22.2 Å². The van der Waals surface area contributed by atoms with Crippen LogP contribution in [0.2, 0.25) is 0 Å². The number of aryl methyl sites for hydroxylation is 2. The topological polar surface area (TPSA) is 65.1 Å².